The van der Waals surface area contributed by atoms with Crippen molar-refractivity contribution in [3.8, 4) is 0 Å². The van der Waals surface area contributed by atoms with Gasteiger partial charge in [0.25, 0.3) is 0 Å². The topological polar surface area (TPSA) is 40.7 Å². The van der Waals surface area contributed by atoms with Crippen LogP contribution in [0.4, 0.5) is 5.69 Å². The number of aromatic nitrogens is 2. The third kappa shape index (κ3) is 2.21. The molecule has 86 valence electrons. The fourth-order valence-corrected chi connectivity index (χ4v) is 3.13. The summed E-state index contributed by atoms with van der Waals surface area (Å²) in [5.74, 6) is 0. The molecule has 0 aliphatic heterocycles. The van der Waals surface area contributed by atoms with Gasteiger partial charge in [0.15, 0.2) is 0 Å². The molecular weight excluding hydrogens is 298 g/mol. The minimum Gasteiger partial charge on any atom is -0.381 e. The van der Waals surface area contributed by atoms with Crippen LogP contribution in [0, 0.1) is 0 Å². The lowest BCUT2D eigenvalue weighted by Crippen LogP contribution is -1.98. The summed E-state index contributed by atoms with van der Waals surface area (Å²) in [6.07, 6.45) is 1.83. The maximum Gasteiger partial charge on any atom is 0.0651 e. The van der Waals surface area contributed by atoms with Crippen LogP contribution in [0.3, 0.4) is 0 Å². The number of hydrogen-bond donors (Lipinski definition) is 2. The molecule has 3 aromatic rings. The molecule has 3 nitrogen and oxygen atoms in total. The smallest absolute Gasteiger partial charge is 0.0651 e. The monoisotopic (exact) mass is 307 g/mol. The minimum absolute atomic E-state index is 0.827. The molecule has 0 amide bonds. The number of nitrogens with one attached hydrogen (secondary N) is 2. The Labute approximate surface area is 111 Å². The van der Waals surface area contributed by atoms with Crippen LogP contribution >= 0.6 is 27.3 Å². The molecule has 2 heterocycles. The van der Waals surface area contributed by atoms with Gasteiger partial charge in [0, 0.05) is 27.5 Å². The van der Waals surface area contributed by atoms with E-state index >= 15 is 0 Å². The number of halogens is 1. The molecule has 0 spiro atoms. The summed E-state index contributed by atoms with van der Waals surface area (Å²) >= 11 is 5.23. The molecule has 0 unspecified atom stereocenters. The van der Waals surface area contributed by atoms with E-state index < -0.39 is 0 Å². The van der Waals surface area contributed by atoms with Gasteiger partial charge in [-0.05, 0) is 45.1 Å². The first-order chi connectivity index (χ1) is 8.33. The van der Waals surface area contributed by atoms with Crippen LogP contribution in [-0.2, 0) is 6.54 Å². The molecule has 0 radical (unpaired) electrons. The number of rotatable bonds is 3. The van der Waals surface area contributed by atoms with Crippen molar-refractivity contribution >= 4 is 43.9 Å². The van der Waals surface area contributed by atoms with Crippen molar-refractivity contribution < 1.29 is 0 Å². The molecule has 0 fully saturated rings. The Morgan fingerprint density at radius 3 is 3.12 bits per heavy atom. The zero-order chi connectivity index (χ0) is 11.7. The first-order valence-corrected chi connectivity index (χ1v) is 6.94. The summed E-state index contributed by atoms with van der Waals surface area (Å²) in [7, 11) is 0. The number of hydrogen-bond acceptors (Lipinski definition) is 3. The molecule has 0 atom stereocenters. The lowest BCUT2D eigenvalue weighted by Gasteiger charge is -2.05. The van der Waals surface area contributed by atoms with Crippen LogP contribution in [0.2, 0.25) is 0 Å². The van der Waals surface area contributed by atoms with Gasteiger partial charge in [-0.3, -0.25) is 5.10 Å². The molecule has 2 aromatic heterocycles. The summed E-state index contributed by atoms with van der Waals surface area (Å²) in [5, 5.41) is 15.7. The van der Waals surface area contributed by atoms with Crippen molar-refractivity contribution in [1.29, 1.82) is 0 Å². The highest BCUT2D eigenvalue weighted by Gasteiger charge is 2.01. The van der Waals surface area contributed by atoms with E-state index in [1.54, 1.807) is 11.3 Å². The molecule has 5 heteroatoms. The fourth-order valence-electron chi connectivity index (χ4n) is 1.68. The molecule has 0 saturated heterocycles. The number of nitrogens with zero attached hydrogens (tertiary/aromatic N) is 1. The molecule has 0 bridgehead atoms. The van der Waals surface area contributed by atoms with Crippen molar-refractivity contribution in [3.05, 3.63) is 45.2 Å². The highest BCUT2D eigenvalue weighted by Crippen LogP contribution is 2.23. The van der Waals surface area contributed by atoms with Crippen LogP contribution in [0.5, 0.6) is 0 Å². The second-order valence-electron chi connectivity index (χ2n) is 3.77. The Kier molecular flexibility index (Phi) is 2.86. The lowest BCUT2D eigenvalue weighted by atomic mass is 10.2. The number of aromatic amines is 1. The number of benzene rings is 1. The molecular formula is C12H10BrN3S. The molecule has 0 saturated carbocycles. The first kappa shape index (κ1) is 10.8. The van der Waals surface area contributed by atoms with Gasteiger partial charge in [0.2, 0.25) is 0 Å². The van der Waals surface area contributed by atoms with Crippen LogP contribution in [0.25, 0.3) is 10.9 Å². The standard InChI is InChI=1S/C12H10BrN3S/c13-11-7-17-6-9(11)4-14-10-1-2-12-8(3-10)5-15-16-12/h1-3,5-7,14H,4H2,(H,15,16). The van der Waals surface area contributed by atoms with Gasteiger partial charge in [-0.15, -0.1) is 0 Å². The Hall–Kier alpha value is -1.33. The highest BCUT2D eigenvalue weighted by atomic mass is 79.9. The quantitative estimate of drug-likeness (QED) is 0.768. The Morgan fingerprint density at radius 1 is 1.35 bits per heavy atom. The van der Waals surface area contributed by atoms with E-state index in [0.717, 1.165) is 23.1 Å². The second kappa shape index (κ2) is 4.50. The van der Waals surface area contributed by atoms with E-state index in [2.05, 4.69) is 54.3 Å². The van der Waals surface area contributed by atoms with Crippen molar-refractivity contribution in [2.75, 3.05) is 5.32 Å². The summed E-state index contributed by atoms with van der Waals surface area (Å²) in [6.45, 7) is 0.827. The first-order valence-electron chi connectivity index (χ1n) is 5.20. The van der Waals surface area contributed by atoms with Gasteiger partial charge < -0.3 is 5.32 Å². The molecule has 0 aliphatic carbocycles. The fraction of sp³-hybridized carbons (Fsp3) is 0.0833. The molecule has 0 aliphatic rings. The van der Waals surface area contributed by atoms with Crippen LogP contribution in [-0.4, -0.2) is 10.2 Å². The summed E-state index contributed by atoms with van der Waals surface area (Å²) in [4.78, 5) is 0. The average molecular weight is 308 g/mol. The van der Waals surface area contributed by atoms with E-state index in [9.17, 15) is 0 Å². The van der Waals surface area contributed by atoms with Crippen LogP contribution < -0.4 is 5.32 Å². The van der Waals surface area contributed by atoms with E-state index in [1.807, 2.05) is 12.3 Å². The molecule has 17 heavy (non-hydrogen) atoms. The van der Waals surface area contributed by atoms with Gasteiger partial charge in [-0.25, -0.2) is 0 Å². The van der Waals surface area contributed by atoms with Gasteiger partial charge in [-0.2, -0.15) is 16.4 Å². The normalized spacial score (nSPS) is 10.9. The third-order valence-electron chi connectivity index (χ3n) is 2.61. The number of fused-ring (bicyclic) bond motifs is 1. The van der Waals surface area contributed by atoms with E-state index in [-0.39, 0.29) is 0 Å². The Balaban J connectivity index is 1.78. The largest absolute Gasteiger partial charge is 0.381 e. The average Bonchev–Trinajstić information content (AvgIpc) is 2.94. The zero-order valence-corrected chi connectivity index (χ0v) is 11.3. The van der Waals surface area contributed by atoms with Crippen LogP contribution in [0.15, 0.2) is 39.6 Å². The predicted molar refractivity (Wildman–Crippen MR) is 75.4 cm³/mol. The predicted octanol–water partition coefficient (Wildman–Crippen LogP) is 4.00. The number of anilines is 1. The Bertz CT molecular complexity index is 644. The zero-order valence-electron chi connectivity index (χ0n) is 8.90. The van der Waals surface area contributed by atoms with Crippen molar-refractivity contribution in [3.63, 3.8) is 0 Å². The van der Waals surface area contributed by atoms with Gasteiger partial charge in [0.1, 0.15) is 0 Å². The van der Waals surface area contributed by atoms with Gasteiger partial charge in [-0.1, -0.05) is 0 Å². The molecule has 3 rings (SSSR count). The van der Waals surface area contributed by atoms with Crippen molar-refractivity contribution in [2.45, 2.75) is 6.54 Å². The van der Waals surface area contributed by atoms with Crippen LogP contribution in [0.1, 0.15) is 5.56 Å². The highest BCUT2D eigenvalue weighted by molar-refractivity contribution is 9.10. The van der Waals surface area contributed by atoms with E-state index in [1.165, 1.54) is 10.0 Å². The number of H-pyrrole nitrogens is 1. The second-order valence-corrected chi connectivity index (χ2v) is 5.37. The van der Waals surface area contributed by atoms with Crippen molar-refractivity contribution in [2.24, 2.45) is 0 Å². The van der Waals surface area contributed by atoms with E-state index in [0.29, 0.717) is 0 Å². The molecule has 2 N–H and O–H groups in total. The maximum atomic E-state index is 4.01. The van der Waals surface area contributed by atoms with E-state index in [4.69, 9.17) is 0 Å². The minimum atomic E-state index is 0.827. The van der Waals surface area contributed by atoms with Gasteiger partial charge >= 0.3 is 0 Å². The lowest BCUT2D eigenvalue weighted by molar-refractivity contribution is 1.12. The maximum absolute atomic E-state index is 4.01. The summed E-state index contributed by atoms with van der Waals surface area (Å²) in [6, 6.07) is 6.19. The summed E-state index contributed by atoms with van der Waals surface area (Å²) < 4.78 is 1.17. The third-order valence-corrected chi connectivity index (χ3v) is 4.45. The van der Waals surface area contributed by atoms with Gasteiger partial charge in [0.05, 0.1) is 11.7 Å². The number of thiophene rings is 1. The summed E-state index contributed by atoms with van der Waals surface area (Å²) in [5.41, 5.74) is 3.45. The Morgan fingerprint density at radius 2 is 2.29 bits per heavy atom. The van der Waals surface area contributed by atoms with Crippen molar-refractivity contribution in [1.82, 2.24) is 10.2 Å². The molecule has 1 aromatic carbocycles. The SMILES string of the molecule is Brc1cscc1CNc1ccc2[nH]ncc2c1.